The molecule has 0 aliphatic rings. The van der Waals surface area contributed by atoms with Gasteiger partial charge in [-0.1, -0.05) is 6.07 Å². The smallest absolute Gasteiger partial charge is 0.183 e. The van der Waals surface area contributed by atoms with Crippen molar-refractivity contribution in [1.82, 2.24) is 9.97 Å². The molecule has 17 heavy (non-hydrogen) atoms. The number of rotatable bonds is 3. The lowest BCUT2D eigenvalue weighted by atomic mass is 10.00. The average molecular weight is 246 g/mol. The van der Waals surface area contributed by atoms with E-state index >= 15 is 0 Å². The third-order valence-corrected chi connectivity index (χ3v) is 3.74. The number of aromatic nitrogens is 2. The van der Waals surface area contributed by atoms with E-state index in [0.717, 1.165) is 21.3 Å². The third kappa shape index (κ3) is 2.42. The van der Waals surface area contributed by atoms with Gasteiger partial charge >= 0.3 is 0 Å². The highest BCUT2D eigenvalue weighted by molar-refractivity contribution is 7.13. The summed E-state index contributed by atoms with van der Waals surface area (Å²) in [4.78, 5) is 21.6. The standard InChI is InChI=1S/C13H14N2OS/c1-8(11-6-4-5-7-14-11)12(16)13-9(2)15-10(3)17-13/h4-8H,1-3H3. The Morgan fingerprint density at radius 2 is 2.12 bits per heavy atom. The number of hydrogen-bond acceptors (Lipinski definition) is 4. The Kier molecular flexibility index (Phi) is 3.33. The van der Waals surface area contributed by atoms with Gasteiger partial charge in [0.05, 0.1) is 27.2 Å². The Bertz CT molecular complexity index is 534. The summed E-state index contributed by atoms with van der Waals surface area (Å²) in [5.41, 5.74) is 1.63. The second-order valence-corrected chi connectivity index (χ2v) is 5.19. The molecule has 0 aromatic carbocycles. The summed E-state index contributed by atoms with van der Waals surface area (Å²) in [5.74, 6) is -0.110. The van der Waals surface area contributed by atoms with Crippen LogP contribution in [0.3, 0.4) is 0 Å². The van der Waals surface area contributed by atoms with Crippen molar-refractivity contribution in [3.8, 4) is 0 Å². The SMILES string of the molecule is Cc1nc(C)c(C(=O)C(C)c2ccccn2)s1. The minimum absolute atomic E-state index is 0.104. The molecule has 0 N–H and O–H groups in total. The van der Waals surface area contributed by atoms with Crippen molar-refractivity contribution in [2.45, 2.75) is 26.7 Å². The molecular formula is C13H14N2OS. The van der Waals surface area contributed by atoms with Crippen LogP contribution in [0.1, 0.15) is 38.9 Å². The summed E-state index contributed by atoms with van der Waals surface area (Å²) in [6.45, 7) is 5.68. The maximum absolute atomic E-state index is 12.3. The normalized spacial score (nSPS) is 12.4. The van der Waals surface area contributed by atoms with Crippen LogP contribution in [0.5, 0.6) is 0 Å². The summed E-state index contributed by atoms with van der Waals surface area (Å²) in [6.07, 6.45) is 1.71. The number of carbonyl (C=O) groups excluding carboxylic acids is 1. The third-order valence-electron chi connectivity index (χ3n) is 2.65. The van der Waals surface area contributed by atoms with Gasteiger partial charge in [-0.05, 0) is 32.9 Å². The molecule has 0 bridgehead atoms. The molecule has 0 radical (unpaired) electrons. The van der Waals surface area contributed by atoms with E-state index in [2.05, 4.69) is 9.97 Å². The molecule has 0 amide bonds. The monoisotopic (exact) mass is 246 g/mol. The highest BCUT2D eigenvalue weighted by Crippen LogP contribution is 2.25. The largest absolute Gasteiger partial charge is 0.292 e. The molecular weight excluding hydrogens is 232 g/mol. The van der Waals surface area contributed by atoms with Crippen LogP contribution in [0.2, 0.25) is 0 Å². The molecule has 3 nitrogen and oxygen atoms in total. The minimum atomic E-state index is -0.213. The average Bonchev–Trinajstić information content (AvgIpc) is 2.68. The molecule has 0 saturated carbocycles. The Balaban J connectivity index is 2.30. The van der Waals surface area contributed by atoms with Crippen LogP contribution >= 0.6 is 11.3 Å². The molecule has 1 atom stereocenters. The molecule has 0 fully saturated rings. The lowest BCUT2D eigenvalue weighted by Gasteiger charge is -2.08. The van der Waals surface area contributed by atoms with Gasteiger partial charge in [0.2, 0.25) is 0 Å². The van der Waals surface area contributed by atoms with E-state index in [1.54, 1.807) is 6.20 Å². The summed E-state index contributed by atoms with van der Waals surface area (Å²) < 4.78 is 0. The van der Waals surface area contributed by atoms with Gasteiger partial charge in [0.15, 0.2) is 5.78 Å². The Morgan fingerprint density at radius 1 is 1.35 bits per heavy atom. The van der Waals surface area contributed by atoms with Crippen LogP contribution in [0, 0.1) is 13.8 Å². The zero-order valence-electron chi connectivity index (χ0n) is 10.1. The quantitative estimate of drug-likeness (QED) is 0.781. The molecule has 2 aromatic heterocycles. The van der Waals surface area contributed by atoms with E-state index in [-0.39, 0.29) is 11.7 Å². The van der Waals surface area contributed by atoms with E-state index < -0.39 is 0 Å². The predicted molar refractivity (Wildman–Crippen MR) is 68.6 cm³/mol. The van der Waals surface area contributed by atoms with E-state index in [1.165, 1.54) is 11.3 Å². The highest BCUT2D eigenvalue weighted by atomic mass is 32.1. The summed E-state index contributed by atoms with van der Waals surface area (Å²) in [6, 6.07) is 5.63. The number of aryl methyl sites for hydroxylation is 2. The molecule has 0 aliphatic heterocycles. The van der Waals surface area contributed by atoms with Crippen molar-refractivity contribution >= 4 is 17.1 Å². The van der Waals surface area contributed by atoms with Crippen LogP contribution in [0.25, 0.3) is 0 Å². The van der Waals surface area contributed by atoms with Gasteiger partial charge in [-0.3, -0.25) is 9.78 Å². The van der Waals surface area contributed by atoms with Gasteiger partial charge in [-0.15, -0.1) is 11.3 Å². The second kappa shape index (κ2) is 4.75. The summed E-state index contributed by atoms with van der Waals surface area (Å²) in [5, 5.41) is 0.930. The number of hydrogen-bond donors (Lipinski definition) is 0. The lowest BCUT2D eigenvalue weighted by Crippen LogP contribution is -2.10. The fourth-order valence-corrected chi connectivity index (χ4v) is 2.67. The van der Waals surface area contributed by atoms with E-state index in [4.69, 9.17) is 0 Å². The van der Waals surface area contributed by atoms with Crippen LogP contribution < -0.4 is 0 Å². The predicted octanol–water partition coefficient (Wildman–Crippen LogP) is 3.14. The molecule has 4 heteroatoms. The minimum Gasteiger partial charge on any atom is -0.292 e. The van der Waals surface area contributed by atoms with Gasteiger partial charge in [-0.25, -0.2) is 4.98 Å². The zero-order chi connectivity index (χ0) is 12.4. The Hall–Kier alpha value is -1.55. The van der Waals surface area contributed by atoms with Gasteiger partial charge in [-0.2, -0.15) is 0 Å². The number of pyridine rings is 1. The van der Waals surface area contributed by atoms with E-state index in [9.17, 15) is 4.79 Å². The van der Waals surface area contributed by atoms with Crippen LogP contribution in [-0.2, 0) is 0 Å². The maximum Gasteiger partial charge on any atom is 0.183 e. The molecule has 0 aliphatic carbocycles. The van der Waals surface area contributed by atoms with Crippen molar-refractivity contribution in [2.75, 3.05) is 0 Å². The zero-order valence-corrected chi connectivity index (χ0v) is 10.9. The van der Waals surface area contributed by atoms with Crippen molar-refractivity contribution < 1.29 is 4.79 Å². The first kappa shape index (κ1) is 11.9. The maximum atomic E-state index is 12.3. The number of thiazole rings is 1. The molecule has 88 valence electrons. The molecule has 2 heterocycles. The number of Topliss-reactive ketones (excluding diaryl/α,β-unsaturated/α-hetero) is 1. The first-order valence-corrected chi connectivity index (χ1v) is 6.30. The molecule has 1 unspecified atom stereocenters. The molecule has 2 rings (SSSR count). The van der Waals surface area contributed by atoms with Crippen LogP contribution in [0.4, 0.5) is 0 Å². The number of carbonyl (C=O) groups is 1. The van der Waals surface area contributed by atoms with Crippen LogP contribution in [0.15, 0.2) is 24.4 Å². The Morgan fingerprint density at radius 3 is 2.65 bits per heavy atom. The molecule has 0 saturated heterocycles. The highest BCUT2D eigenvalue weighted by Gasteiger charge is 2.22. The first-order chi connectivity index (χ1) is 8.09. The van der Waals surface area contributed by atoms with E-state index in [0.29, 0.717) is 0 Å². The molecule has 0 spiro atoms. The summed E-state index contributed by atoms with van der Waals surface area (Å²) in [7, 11) is 0. The first-order valence-electron chi connectivity index (χ1n) is 5.48. The number of nitrogens with zero attached hydrogens (tertiary/aromatic N) is 2. The van der Waals surface area contributed by atoms with E-state index in [1.807, 2.05) is 39.0 Å². The van der Waals surface area contributed by atoms with Gasteiger partial charge < -0.3 is 0 Å². The van der Waals surface area contributed by atoms with Gasteiger partial charge in [0.1, 0.15) is 0 Å². The Labute approximate surface area is 105 Å². The van der Waals surface area contributed by atoms with Gasteiger partial charge in [0.25, 0.3) is 0 Å². The fourth-order valence-electron chi connectivity index (χ4n) is 1.72. The fraction of sp³-hybridized carbons (Fsp3) is 0.308. The van der Waals surface area contributed by atoms with Crippen molar-refractivity contribution in [3.63, 3.8) is 0 Å². The second-order valence-electron chi connectivity index (χ2n) is 3.99. The molecule has 2 aromatic rings. The van der Waals surface area contributed by atoms with Crippen molar-refractivity contribution in [2.24, 2.45) is 0 Å². The number of ketones is 1. The lowest BCUT2D eigenvalue weighted by molar-refractivity contribution is 0.0968. The van der Waals surface area contributed by atoms with Crippen LogP contribution in [-0.4, -0.2) is 15.8 Å². The summed E-state index contributed by atoms with van der Waals surface area (Å²) >= 11 is 1.46. The van der Waals surface area contributed by atoms with Crippen molar-refractivity contribution in [1.29, 1.82) is 0 Å². The van der Waals surface area contributed by atoms with Gasteiger partial charge in [0, 0.05) is 6.20 Å². The topological polar surface area (TPSA) is 42.9 Å². The van der Waals surface area contributed by atoms with Crippen molar-refractivity contribution in [3.05, 3.63) is 45.7 Å².